The second-order valence-electron chi connectivity index (χ2n) is 6.78. The third kappa shape index (κ3) is 3.89. The summed E-state index contributed by atoms with van der Waals surface area (Å²) < 4.78 is 0. The van der Waals surface area contributed by atoms with Crippen LogP contribution in [0.2, 0.25) is 0 Å². The molecule has 2 fully saturated rings. The van der Waals surface area contributed by atoms with Crippen molar-refractivity contribution in [3.63, 3.8) is 0 Å². The Hall–Kier alpha value is -1.26. The lowest BCUT2D eigenvalue weighted by atomic mass is 9.77. The van der Waals surface area contributed by atoms with E-state index in [1.165, 1.54) is 0 Å². The summed E-state index contributed by atoms with van der Waals surface area (Å²) in [6.07, 6.45) is 6.93. The first-order valence-corrected chi connectivity index (χ1v) is 8.30. The first-order valence-electron chi connectivity index (χ1n) is 8.30. The summed E-state index contributed by atoms with van der Waals surface area (Å²) in [5.41, 5.74) is -1.05. The molecule has 0 aromatic rings. The van der Waals surface area contributed by atoms with E-state index in [0.717, 1.165) is 45.1 Å². The zero-order valence-corrected chi connectivity index (χ0v) is 13.2. The minimum atomic E-state index is -1.05. The van der Waals surface area contributed by atoms with Gasteiger partial charge in [0, 0.05) is 12.6 Å². The Morgan fingerprint density at radius 2 is 1.86 bits per heavy atom. The Morgan fingerprint density at radius 1 is 1.24 bits per heavy atom. The fourth-order valence-corrected chi connectivity index (χ4v) is 3.09. The molecule has 0 heterocycles. The van der Waals surface area contributed by atoms with Crippen LogP contribution in [0.25, 0.3) is 0 Å². The Morgan fingerprint density at radius 3 is 2.33 bits per heavy atom. The molecular weight excluding hydrogens is 268 g/mol. The van der Waals surface area contributed by atoms with Crippen molar-refractivity contribution in [1.29, 1.82) is 0 Å². The summed E-state index contributed by atoms with van der Waals surface area (Å²) in [5.74, 6) is -0.331. The van der Waals surface area contributed by atoms with Crippen LogP contribution in [0.4, 0.5) is 4.79 Å². The number of rotatable bonds is 6. The molecule has 5 nitrogen and oxygen atoms in total. The summed E-state index contributed by atoms with van der Waals surface area (Å²) in [5, 5.41) is 12.5. The molecule has 2 aliphatic carbocycles. The Kier molecular flexibility index (Phi) is 5.12. The van der Waals surface area contributed by atoms with Crippen molar-refractivity contribution in [3.8, 4) is 0 Å². The van der Waals surface area contributed by atoms with Gasteiger partial charge in [0.1, 0.15) is 5.54 Å². The summed E-state index contributed by atoms with van der Waals surface area (Å²) >= 11 is 0. The monoisotopic (exact) mass is 296 g/mol. The van der Waals surface area contributed by atoms with E-state index in [9.17, 15) is 14.7 Å². The van der Waals surface area contributed by atoms with Crippen LogP contribution in [0.15, 0.2) is 0 Å². The van der Waals surface area contributed by atoms with Crippen LogP contribution in [-0.4, -0.2) is 40.1 Å². The van der Waals surface area contributed by atoms with E-state index in [4.69, 9.17) is 0 Å². The quantitative estimate of drug-likeness (QED) is 0.791. The van der Waals surface area contributed by atoms with E-state index in [2.05, 4.69) is 19.2 Å². The fraction of sp³-hybridized carbons (Fsp3) is 0.875. The molecule has 21 heavy (non-hydrogen) atoms. The molecule has 0 aromatic heterocycles. The van der Waals surface area contributed by atoms with Crippen LogP contribution in [0.3, 0.4) is 0 Å². The van der Waals surface area contributed by atoms with Gasteiger partial charge >= 0.3 is 12.0 Å². The lowest BCUT2D eigenvalue weighted by molar-refractivity contribution is -0.146. The molecule has 2 saturated carbocycles. The molecular formula is C16H28N2O3. The molecule has 0 atom stereocenters. The maximum atomic E-state index is 12.5. The third-order valence-electron chi connectivity index (χ3n) is 4.88. The molecule has 2 rings (SSSR count). The SMILES string of the molecule is CCCCN(C(=O)NC1(C(=O)O)CCC(C)CC1)C1CC1. The van der Waals surface area contributed by atoms with Gasteiger partial charge in [-0.3, -0.25) is 0 Å². The second kappa shape index (κ2) is 6.67. The number of carboxylic acids is 1. The molecule has 120 valence electrons. The Balaban J connectivity index is 2.01. The van der Waals surface area contributed by atoms with Crippen molar-refractivity contribution >= 4 is 12.0 Å². The zero-order valence-electron chi connectivity index (χ0n) is 13.2. The molecule has 0 spiro atoms. The summed E-state index contributed by atoms with van der Waals surface area (Å²) in [6.45, 7) is 4.98. The van der Waals surface area contributed by atoms with E-state index in [1.54, 1.807) is 0 Å². The van der Waals surface area contributed by atoms with E-state index in [1.807, 2.05) is 4.90 Å². The van der Waals surface area contributed by atoms with Gasteiger partial charge in [-0.2, -0.15) is 0 Å². The zero-order chi connectivity index (χ0) is 15.5. The van der Waals surface area contributed by atoms with Crippen molar-refractivity contribution in [2.75, 3.05) is 6.54 Å². The van der Waals surface area contributed by atoms with Gasteiger partial charge in [0.15, 0.2) is 0 Å². The van der Waals surface area contributed by atoms with Crippen LogP contribution in [0.1, 0.15) is 65.2 Å². The number of hydrogen-bond donors (Lipinski definition) is 2. The largest absolute Gasteiger partial charge is 0.480 e. The Bertz CT molecular complexity index is 385. The number of amides is 2. The number of carbonyl (C=O) groups is 2. The van der Waals surface area contributed by atoms with Crippen LogP contribution in [0.5, 0.6) is 0 Å². The molecule has 0 unspecified atom stereocenters. The van der Waals surface area contributed by atoms with Crippen molar-refractivity contribution in [2.45, 2.75) is 76.8 Å². The highest BCUT2D eigenvalue weighted by atomic mass is 16.4. The van der Waals surface area contributed by atoms with Crippen LogP contribution in [-0.2, 0) is 4.79 Å². The summed E-state index contributed by atoms with van der Waals surface area (Å²) in [6, 6.07) is 0.146. The first kappa shape index (κ1) is 16.1. The van der Waals surface area contributed by atoms with E-state index in [-0.39, 0.29) is 6.03 Å². The van der Waals surface area contributed by atoms with Crippen molar-refractivity contribution < 1.29 is 14.7 Å². The summed E-state index contributed by atoms with van der Waals surface area (Å²) in [7, 11) is 0. The standard InChI is InChI=1S/C16H28N2O3/c1-3-4-11-18(13-5-6-13)15(21)17-16(14(19)20)9-7-12(2)8-10-16/h12-13H,3-11H2,1-2H3,(H,17,21)(H,19,20). The van der Waals surface area contributed by atoms with Crippen molar-refractivity contribution in [2.24, 2.45) is 5.92 Å². The van der Waals surface area contributed by atoms with E-state index < -0.39 is 11.5 Å². The van der Waals surface area contributed by atoms with Gasteiger partial charge in [-0.15, -0.1) is 0 Å². The molecule has 5 heteroatoms. The lowest BCUT2D eigenvalue weighted by Crippen LogP contribution is -2.59. The molecule has 0 saturated heterocycles. The predicted octanol–water partition coefficient (Wildman–Crippen LogP) is 2.99. The van der Waals surface area contributed by atoms with Crippen LogP contribution < -0.4 is 5.32 Å². The first-order chi connectivity index (χ1) is 9.98. The number of unbranched alkanes of at least 4 members (excludes halogenated alkanes) is 1. The minimum Gasteiger partial charge on any atom is -0.480 e. The van der Waals surface area contributed by atoms with Gasteiger partial charge in [0.2, 0.25) is 0 Å². The third-order valence-corrected chi connectivity index (χ3v) is 4.88. The number of carboxylic acid groups (broad SMARTS) is 1. The fourth-order valence-electron chi connectivity index (χ4n) is 3.09. The van der Waals surface area contributed by atoms with Crippen molar-refractivity contribution in [3.05, 3.63) is 0 Å². The normalized spacial score (nSPS) is 29.0. The van der Waals surface area contributed by atoms with Gasteiger partial charge in [-0.05, 0) is 50.9 Å². The average Bonchev–Trinajstić information content (AvgIpc) is 3.26. The van der Waals surface area contributed by atoms with Gasteiger partial charge in [0.05, 0.1) is 0 Å². The number of hydrogen-bond acceptors (Lipinski definition) is 2. The highest BCUT2D eigenvalue weighted by Crippen LogP contribution is 2.33. The summed E-state index contributed by atoms with van der Waals surface area (Å²) in [4.78, 5) is 26.1. The molecule has 0 bridgehead atoms. The number of carbonyl (C=O) groups excluding carboxylic acids is 1. The van der Waals surface area contributed by atoms with Gasteiger partial charge in [0.25, 0.3) is 0 Å². The Labute approximate surface area is 127 Å². The van der Waals surface area contributed by atoms with Gasteiger partial charge in [-0.25, -0.2) is 9.59 Å². The topological polar surface area (TPSA) is 69.6 Å². The van der Waals surface area contributed by atoms with Crippen LogP contribution in [0, 0.1) is 5.92 Å². The van der Waals surface area contributed by atoms with Gasteiger partial charge < -0.3 is 15.3 Å². The smallest absolute Gasteiger partial charge is 0.329 e. The maximum Gasteiger partial charge on any atom is 0.329 e. The number of nitrogens with one attached hydrogen (secondary N) is 1. The molecule has 2 aliphatic rings. The van der Waals surface area contributed by atoms with E-state index in [0.29, 0.717) is 24.8 Å². The number of nitrogens with zero attached hydrogens (tertiary/aromatic N) is 1. The molecule has 0 radical (unpaired) electrons. The average molecular weight is 296 g/mol. The highest BCUT2D eigenvalue weighted by molar-refractivity contribution is 5.86. The molecule has 2 N–H and O–H groups in total. The van der Waals surface area contributed by atoms with Crippen LogP contribution >= 0.6 is 0 Å². The predicted molar refractivity (Wildman–Crippen MR) is 81.2 cm³/mol. The van der Waals surface area contributed by atoms with E-state index >= 15 is 0 Å². The van der Waals surface area contributed by atoms with Crippen molar-refractivity contribution in [1.82, 2.24) is 10.2 Å². The number of aliphatic carboxylic acids is 1. The second-order valence-corrected chi connectivity index (χ2v) is 6.78. The minimum absolute atomic E-state index is 0.178. The molecule has 0 aliphatic heterocycles. The molecule has 2 amide bonds. The number of urea groups is 1. The molecule has 0 aromatic carbocycles. The maximum absolute atomic E-state index is 12.5. The van der Waals surface area contributed by atoms with Gasteiger partial charge in [-0.1, -0.05) is 20.3 Å². The lowest BCUT2D eigenvalue weighted by Gasteiger charge is -2.38. The highest BCUT2D eigenvalue weighted by Gasteiger charge is 2.44.